The lowest BCUT2D eigenvalue weighted by Crippen LogP contribution is -2.45. The molecule has 1 fully saturated rings. The molecule has 1 atom stereocenters. The number of carboxylic acids is 1. The number of hydrogen-bond donors (Lipinski definition) is 2. The number of carbonyl (C=O) groups excluding carboxylic acids is 1. The van der Waals surface area contributed by atoms with Gasteiger partial charge in [-0.2, -0.15) is 0 Å². The van der Waals surface area contributed by atoms with Gasteiger partial charge < -0.3 is 19.7 Å². The number of aromatic hydroxyl groups is 1. The summed E-state index contributed by atoms with van der Waals surface area (Å²) in [6.45, 7) is 1.02. The number of carbonyl (C=O) groups is 2. The molecule has 2 aliphatic rings. The van der Waals surface area contributed by atoms with Crippen LogP contribution in [0.2, 0.25) is 0 Å². The number of rotatable bonds is 1. The molecule has 2 aliphatic heterocycles. The lowest BCUT2D eigenvalue weighted by Gasteiger charge is -2.32. The SMILES string of the molecule is O=C(O)c1cn2c(c(O)c1=O)C(=O)N1CCC[C@@H]1C2. The van der Waals surface area contributed by atoms with Crippen molar-refractivity contribution in [2.24, 2.45) is 0 Å². The van der Waals surface area contributed by atoms with Gasteiger partial charge >= 0.3 is 5.97 Å². The van der Waals surface area contributed by atoms with E-state index in [1.165, 1.54) is 4.57 Å². The van der Waals surface area contributed by atoms with E-state index in [0.29, 0.717) is 13.1 Å². The van der Waals surface area contributed by atoms with E-state index in [1.54, 1.807) is 4.90 Å². The predicted molar refractivity (Wildman–Crippen MR) is 63.4 cm³/mol. The summed E-state index contributed by atoms with van der Waals surface area (Å²) in [5, 5.41) is 18.7. The Morgan fingerprint density at radius 3 is 2.79 bits per heavy atom. The first-order valence-corrected chi connectivity index (χ1v) is 6.01. The lowest BCUT2D eigenvalue weighted by atomic mass is 10.1. The number of aromatic carboxylic acids is 1. The van der Waals surface area contributed by atoms with E-state index >= 15 is 0 Å². The molecule has 3 rings (SSSR count). The monoisotopic (exact) mass is 264 g/mol. The largest absolute Gasteiger partial charge is 0.503 e. The Morgan fingerprint density at radius 2 is 2.11 bits per heavy atom. The smallest absolute Gasteiger partial charge is 0.341 e. The second-order valence-corrected chi connectivity index (χ2v) is 4.82. The van der Waals surface area contributed by atoms with E-state index in [2.05, 4.69) is 0 Å². The van der Waals surface area contributed by atoms with Crippen LogP contribution in [0.15, 0.2) is 11.0 Å². The molecule has 1 aromatic heterocycles. The van der Waals surface area contributed by atoms with Crippen LogP contribution in [0.3, 0.4) is 0 Å². The number of aromatic nitrogens is 1. The average molecular weight is 264 g/mol. The molecule has 0 spiro atoms. The van der Waals surface area contributed by atoms with Gasteiger partial charge in [-0.05, 0) is 12.8 Å². The van der Waals surface area contributed by atoms with Crippen molar-refractivity contribution in [2.75, 3.05) is 6.54 Å². The van der Waals surface area contributed by atoms with Gasteiger partial charge in [-0.1, -0.05) is 0 Å². The third-order valence-corrected chi connectivity index (χ3v) is 3.73. The van der Waals surface area contributed by atoms with Crippen LogP contribution in [0.5, 0.6) is 5.75 Å². The van der Waals surface area contributed by atoms with Crippen LogP contribution in [0.4, 0.5) is 0 Å². The van der Waals surface area contributed by atoms with Gasteiger partial charge in [0.25, 0.3) is 5.91 Å². The van der Waals surface area contributed by atoms with Gasteiger partial charge in [0.1, 0.15) is 5.56 Å². The van der Waals surface area contributed by atoms with Gasteiger partial charge in [-0.3, -0.25) is 9.59 Å². The summed E-state index contributed by atoms with van der Waals surface area (Å²) in [6.07, 6.45) is 2.87. The third kappa shape index (κ3) is 1.54. The van der Waals surface area contributed by atoms with Crippen molar-refractivity contribution in [1.82, 2.24) is 9.47 Å². The third-order valence-electron chi connectivity index (χ3n) is 3.73. The average Bonchev–Trinajstić information content (AvgIpc) is 2.81. The molecule has 19 heavy (non-hydrogen) atoms. The highest BCUT2D eigenvalue weighted by molar-refractivity contribution is 5.97. The van der Waals surface area contributed by atoms with Crippen molar-refractivity contribution < 1.29 is 19.8 Å². The predicted octanol–water partition coefficient (Wildman–Crippen LogP) is -0.130. The van der Waals surface area contributed by atoms with Gasteiger partial charge in [0.15, 0.2) is 11.4 Å². The fraction of sp³-hybridized carbons (Fsp3) is 0.417. The fourth-order valence-electron chi connectivity index (χ4n) is 2.83. The minimum atomic E-state index is -1.41. The Morgan fingerprint density at radius 1 is 1.37 bits per heavy atom. The molecule has 100 valence electrons. The van der Waals surface area contributed by atoms with Crippen molar-refractivity contribution in [3.8, 4) is 5.75 Å². The van der Waals surface area contributed by atoms with Crippen molar-refractivity contribution in [2.45, 2.75) is 25.4 Å². The quantitative estimate of drug-likeness (QED) is 0.736. The van der Waals surface area contributed by atoms with Gasteiger partial charge in [-0.15, -0.1) is 0 Å². The summed E-state index contributed by atoms with van der Waals surface area (Å²) in [5.41, 5.74) is -1.63. The van der Waals surface area contributed by atoms with Crippen LogP contribution < -0.4 is 5.43 Å². The molecule has 7 heteroatoms. The zero-order valence-corrected chi connectivity index (χ0v) is 10.00. The minimum Gasteiger partial charge on any atom is -0.503 e. The molecule has 0 unspecified atom stereocenters. The van der Waals surface area contributed by atoms with Gasteiger partial charge in [0.2, 0.25) is 5.43 Å². The lowest BCUT2D eigenvalue weighted by molar-refractivity contribution is 0.0646. The van der Waals surface area contributed by atoms with Crippen LogP contribution in [0, 0.1) is 0 Å². The molecule has 7 nitrogen and oxygen atoms in total. The summed E-state index contributed by atoms with van der Waals surface area (Å²) in [4.78, 5) is 36.5. The zero-order valence-electron chi connectivity index (χ0n) is 10.00. The molecule has 2 N–H and O–H groups in total. The maximum Gasteiger partial charge on any atom is 0.341 e. The molecule has 0 saturated carbocycles. The highest BCUT2D eigenvalue weighted by Crippen LogP contribution is 2.29. The molecule has 1 aromatic rings. The molecule has 1 saturated heterocycles. The normalized spacial score (nSPS) is 21.2. The first kappa shape index (κ1) is 11.8. The van der Waals surface area contributed by atoms with E-state index < -0.39 is 28.6 Å². The maximum absolute atomic E-state index is 12.2. The molecule has 0 aliphatic carbocycles. The number of fused-ring (bicyclic) bond motifs is 2. The number of pyridine rings is 1. The van der Waals surface area contributed by atoms with Gasteiger partial charge in [0.05, 0.1) is 6.04 Å². The number of hydrogen-bond acceptors (Lipinski definition) is 4. The second kappa shape index (κ2) is 3.84. The van der Waals surface area contributed by atoms with E-state index in [4.69, 9.17) is 5.11 Å². The summed E-state index contributed by atoms with van der Waals surface area (Å²) in [5.74, 6) is -2.58. The summed E-state index contributed by atoms with van der Waals surface area (Å²) in [7, 11) is 0. The molecular formula is C12H12N2O5. The molecule has 0 radical (unpaired) electrons. The molecule has 0 bridgehead atoms. The van der Waals surface area contributed by atoms with E-state index in [1.807, 2.05) is 0 Å². The fourth-order valence-corrected chi connectivity index (χ4v) is 2.83. The first-order valence-electron chi connectivity index (χ1n) is 6.01. The number of amides is 1. The Kier molecular flexibility index (Phi) is 2.38. The van der Waals surface area contributed by atoms with Crippen LogP contribution >= 0.6 is 0 Å². The Hall–Kier alpha value is -2.31. The van der Waals surface area contributed by atoms with E-state index in [-0.39, 0.29) is 11.7 Å². The van der Waals surface area contributed by atoms with E-state index in [9.17, 15) is 19.5 Å². The topological polar surface area (TPSA) is 99.8 Å². The summed E-state index contributed by atoms with van der Waals surface area (Å²) in [6, 6.07) is 0.0172. The summed E-state index contributed by atoms with van der Waals surface area (Å²) < 4.78 is 1.38. The number of nitrogens with zero attached hydrogens (tertiary/aromatic N) is 2. The minimum absolute atomic E-state index is 0.0172. The summed E-state index contributed by atoms with van der Waals surface area (Å²) >= 11 is 0. The Balaban J connectivity index is 2.22. The van der Waals surface area contributed by atoms with Crippen molar-refractivity contribution in [3.05, 3.63) is 27.7 Å². The number of carboxylic acid groups (broad SMARTS) is 1. The zero-order chi connectivity index (χ0) is 13.7. The Bertz CT molecular complexity index is 648. The first-order chi connectivity index (χ1) is 9.00. The van der Waals surface area contributed by atoms with Crippen LogP contribution in [0.1, 0.15) is 33.7 Å². The Labute approximate surface area is 107 Å². The molecule has 3 heterocycles. The van der Waals surface area contributed by atoms with Crippen LogP contribution in [0.25, 0.3) is 0 Å². The van der Waals surface area contributed by atoms with Crippen LogP contribution in [-0.2, 0) is 6.54 Å². The standard InChI is InChI=1S/C12H12N2O5/c15-9-7(12(18)19)5-13-4-6-2-1-3-14(6)11(17)8(13)10(9)16/h5-6,16H,1-4H2,(H,18,19)/t6-/m1/s1. The highest BCUT2D eigenvalue weighted by Gasteiger charge is 2.38. The van der Waals surface area contributed by atoms with Crippen molar-refractivity contribution in [1.29, 1.82) is 0 Å². The molecule has 1 amide bonds. The van der Waals surface area contributed by atoms with Gasteiger partial charge in [0, 0.05) is 19.3 Å². The van der Waals surface area contributed by atoms with E-state index in [0.717, 1.165) is 19.0 Å². The van der Waals surface area contributed by atoms with Crippen molar-refractivity contribution >= 4 is 11.9 Å². The van der Waals surface area contributed by atoms with Crippen molar-refractivity contribution in [3.63, 3.8) is 0 Å². The maximum atomic E-state index is 12.2. The molecular weight excluding hydrogens is 252 g/mol. The molecule has 0 aromatic carbocycles. The van der Waals surface area contributed by atoms with Crippen LogP contribution in [-0.4, -0.2) is 44.1 Å². The second-order valence-electron chi connectivity index (χ2n) is 4.82. The van der Waals surface area contributed by atoms with Gasteiger partial charge in [-0.25, -0.2) is 4.79 Å². The highest BCUT2D eigenvalue weighted by atomic mass is 16.4.